The summed E-state index contributed by atoms with van der Waals surface area (Å²) in [5.74, 6) is 0. The fourth-order valence-corrected chi connectivity index (χ4v) is 8.33. The number of hydrogen-bond donors (Lipinski definition) is 1. The lowest BCUT2D eigenvalue weighted by Crippen LogP contribution is -2.66. The minimum atomic E-state index is -2.48. The first kappa shape index (κ1) is 21.6. The van der Waals surface area contributed by atoms with Crippen molar-refractivity contribution in [3.8, 4) is 0 Å². The lowest BCUT2D eigenvalue weighted by molar-refractivity contribution is 0.126. The predicted octanol–water partition coefficient (Wildman–Crippen LogP) is 4.67. The van der Waals surface area contributed by atoms with Crippen molar-refractivity contribution in [3.63, 3.8) is 0 Å². The molecule has 0 bridgehead atoms. The van der Waals surface area contributed by atoms with Gasteiger partial charge in [0.15, 0.2) is 0 Å². The van der Waals surface area contributed by atoms with Gasteiger partial charge in [-0.3, -0.25) is 0 Å². The summed E-state index contributed by atoms with van der Waals surface area (Å²) in [5.41, 5.74) is 0. The summed E-state index contributed by atoms with van der Waals surface area (Å²) in [5, 5.41) is 12.9. The van der Waals surface area contributed by atoms with Gasteiger partial charge >= 0.3 is 0 Å². The quantitative estimate of drug-likeness (QED) is 0.367. The zero-order chi connectivity index (χ0) is 19.8. The van der Waals surface area contributed by atoms with Crippen LogP contribution in [-0.2, 0) is 4.43 Å². The molecule has 2 aromatic rings. The second kappa shape index (κ2) is 10.0. The number of aliphatic hydroxyl groups excluding tert-OH is 1. The topological polar surface area (TPSA) is 29.5 Å². The average Bonchev–Trinajstić information content (AvgIpc) is 2.66. The van der Waals surface area contributed by atoms with E-state index in [9.17, 15) is 5.11 Å². The van der Waals surface area contributed by atoms with Gasteiger partial charge in [0.1, 0.15) is 0 Å². The van der Waals surface area contributed by atoms with Gasteiger partial charge in [-0.1, -0.05) is 87.5 Å². The molecule has 2 rings (SSSR count). The first-order valence-corrected chi connectivity index (χ1v) is 11.9. The van der Waals surface area contributed by atoms with Gasteiger partial charge in [-0.2, -0.15) is 0 Å². The van der Waals surface area contributed by atoms with Crippen molar-refractivity contribution >= 4 is 18.7 Å². The number of benzene rings is 2. The minimum Gasteiger partial charge on any atom is -0.407 e. The maximum atomic E-state index is 10.3. The molecule has 1 unspecified atom stereocenters. The molecule has 0 saturated carbocycles. The summed E-state index contributed by atoms with van der Waals surface area (Å²) >= 11 is 0. The van der Waals surface area contributed by atoms with E-state index in [0.717, 1.165) is 19.3 Å². The Morgan fingerprint density at radius 2 is 1.48 bits per heavy atom. The highest BCUT2D eigenvalue weighted by molar-refractivity contribution is 6.99. The molecule has 0 amide bonds. The molecule has 0 aliphatic heterocycles. The van der Waals surface area contributed by atoms with Gasteiger partial charge in [-0.25, -0.2) is 0 Å². The number of rotatable bonds is 10. The normalized spacial score (nSPS) is 13.3. The Morgan fingerprint density at radius 3 is 1.93 bits per heavy atom. The molecule has 0 fully saturated rings. The van der Waals surface area contributed by atoms with Crippen LogP contribution in [0, 0.1) is 0 Å². The summed E-state index contributed by atoms with van der Waals surface area (Å²) in [7, 11) is -2.48. The van der Waals surface area contributed by atoms with Crippen LogP contribution in [0.4, 0.5) is 0 Å². The second-order valence-electron chi connectivity index (χ2n) is 8.17. The molecule has 0 aromatic heterocycles. The van der Waals surface area contributed by atoms with E-state index in [1.807, 2.05) is 6.08 Å². The molecule has 0 heterocycles. The fourth-order valence-electron chi connectivity index (χ4n) is 3.75. The zero-order valence-corrected chi connectivity index (χ0v) is 18.0. The van der Waals surface area contributed by atoms with Crippen LogP contribution in [0.1, 0.15) is 46.5 Å². The van der Waals surface area contributed by atoms with Crippen molar-refractivity contribution in [2.75, 3.05) is 6.61 Å². The number of hydrogen-bond acceptors (Lipinski definition) is 2. The van der Waals surface area contributed by atoms with Gasteiger partial charge in [0.25, 0.3) is 8.32 Å². The molecule has 1 N–H and O–H groups in total. The summed E-state index contributed by atoms with van der Waals surface area (Å²) in [6, 6.07) is 21.3. The van der Waals surface area contributed by atoms with Crippen molar-refractivity contribution in [2.45, 2.75) is 57.6 Å². The van der Waals surface area contributed by atoms with E-state index in [2.05, 4.69) is 88.0 Å². The zero-order valence-electron chi connectivity index (χ0n) is 17.0. The Hall–Kier alpha value is -1.68. The van der Waals surface area contributed by atoms with Crippen molar-refractivity contribution in [1.82, 2.24) is 0 Å². The summed E-state index contributed by atoms with van der Waals surface area (Å²) in [4.78, 5) is 0. The van der Waals surface area contributed by atoms with E-state index < -0.39 is 8.32 Å². The third-order valence-electron chi connectivity index (χ3n) is 5.13. The van der Waals surface area contributed by atoms with Gasteiger partial charge in [-0.05, 0) is 41.1 Å². The third kappa shape index (κ3) is 5.41. The summed E-state index contributed by atoms with van der Waals surface area (Å²) in [6.07, 6.45) is 4.99. The van der Waals surface area contributed by atoms with E-state index in [4.69, 9.17) is 4.43 Å². The number of allylic oxidation sites excluding steroid dienone is 1. The number of unbranched alkanes of at least 4 members (excludes halogenated alkanes) is 1. The van der Waals surface area contributed by atoms with E-state index in [1.165, 1.54) is 10.4 Å². The Kier molecular flexibility index (Phi) is 8.02. The van der Waals surface area contributed by atoms with Gasteiger partial charge < -0.3 is 9.53 Å². The van der Waals surface area contributed by atoms with E-state index >= 15 is 0 Å². The van der Waals surface area contributed by atoms with Crippen LogP contribution in [0.3, 0.4) is 0 Å². The van der Waals surface area contributed by atoms with Crippen molar-refractivity contribution in [3.05, 3.63) is 73.3 Å². The lowest BCUT2D eigenvalue weighted by Gasteiger charge is -2.43. The lowest BCUT2D eigenvalue weighted by atomic mass is 10.1. The van der Waals surface area contributed by atoms with E-state index in [1.54, 1.807) is 0 Å². The molecule has 27 heavy (non-hydrogen) atoms. The minimum absolute atomic E-state index is 0.0243. The van der Waals surface area contributed by atoms with Crippen LogP contribution in [0.25, 0.3) is 0 Å². The molecular weight excluding hydrogens is 348 g/mol. The van der Waals surface area contributed by atoms with Gasteiger partial charge in [0, 0.05) is 6.61 Å². The average molecular weight is 383 g/mol. The maximum Gasteiger partial charge on any atom is 0.261 e. The standard InChI is InChI=1S/C24H34O2Si/c1-5-6-9-14-21(25)19-20-26-27(24(2,3)4,22-15-10-7-11-16-22)23-17-12-8-13-18-23/h5,7-8,10-13,15-18,21,25H,1,6,9,14,19-20H2,2-4H3. The van der Waals surface area contributed by atoms with Crippen LogP contribution in [0.5, 0.6) is 0 Å². The largest absolute Gasteiger partial charge is 0.407 e. The smallest absolute Gasteiger partial charge is 0.261 e. The molecule has 0 saturated heterocycles. The van der Waals surface area contributed by atoms with Crippen LogP contribution in [0.2, 0.25) is 5.04 Å². The van der Waals surface area contributed by atoms with Crippen molar-refractivity contribution < 1.29 is 9.53 Å². The maximum absolute atomic E-state index is 10.3. The molecule has 2 aromatic carbocycles. The molecule has 146 valence electrons. The predicted molar refractivity (Wildman–Crippen MR) is 118 cm³/mol. The molecule has 0 spiro atoms. The molecule has 2 nitrogen and oxygen atoms in total. The van der Waals surface area contributed by atoms with Gasteiger partial charge in [0.05, 0.1) is 6.10 Å². The highest BCUT2D eigenvalue weighted by atomic mass is 28.4. The second-order valence-corrected chi connectivity index (χ2v) is 12.5. The van der Waals surface area contributed by atoms with Crippen molar-refractivity contribution in [2.24, 2.45) is 0 Å². The first-order chi connectivity index (χ1) is 12.9. The SMILES string of the molecule is C=CCCCC(O)CCO[Si](c1ccccc1)(c1ccccc1)C(C)(C)C. The molecule has 0 radical (unpaired) electrons. The van der Waals surface area contributed by atoms with Crippen LogP contribution in [-0.4, -0.2) is 26.1 Å². The van der Waals surface area contributed by atoms with Gasteiger partial charge in [-0.15, -0.1) is 6.58 Å². The first-order valence-electron chi connectivity index (χ1n) is 9.96. The van der Waals surface area contributed by atoms with Crippen LogP contribution < -0.4 is 10.4 Å². The van der Waals surface area contributed by atoms with Crippen LogP contribution in [0.15, 0.2) is 73.3 Å². The van der Waals surface area contributed by atoms with E-state index in [0.29, 0.717) is 13.0 Å². The third-order valence-corrected chi connectivity index (χ3v) is 10.2. The fraction of sp³-hybridized carbons (Fsp3) is 0.417. The highest BCUT2D eigenvalue weighted by Gasteiger charge is 2.49. The Morgan fingerprint density at radius 1 is 0.963 bits per heavy atom. The monoisotopic (exact) mass is 382 g/mol. The summed E-state index contributed by atoms with van der Waals surface area (Å²) < 4.78 is 6.80. The summed E-state index contributed by atoms with van der Waals surface area (Å²) in [6.45, 7) is 11.1. The molecule has 3 heteroatoms. The van der Waals surface area contributed by atoms with Crippen LogP contribution >= 0.6 is 0 Å². The van der Waals surface area contributed by atoms with E-state index in [-0.39, 0.29) is 11.1 Å². The number of aliphatic hydroxyl groups is 1. The molecule has 1 atom stereocenters. The highest BCUT2D eigenvalue weighted by Crippen LogP contribution is 2.36. The Bertz CT molecular complexity index is 637. The van der Waals surface area contributed by atoms with Crippen molar-refractivity contribution in [1.29, 1.82) is 0 Å². The Labute approximate surface area is 166 Å². The molecule has 0 aliphatic rings. The molecular formula is C24H34O2Si. The van der Waals surface area contributed by atoms with Gasteiger partial charge in [0.2, 0.25) is 0 Å². The molecule has 0 aliphatic carbocycles. The Balaban J connectivity index is 2.29.